The second kappa shape index (κ2) is 6.30. The maximum Gasteiger partial charge on any atom is 0.234 e. The second-order valence-electron chi connectivity index (χ2n) is 4.07. The maximum absolute atomic E-state index is 12.0. The lowest BCUT2D eigenvalue weighted by Gasteiger charge is -1.95. The van der Waals surface area contributed by atoms with Crippen LogP contribution in [0.3, 0.4) is 0 Å². The minimum Gasteiger partial charge on any atom is -0.504 e. The molecule has 0 saturated carbocycles. The van der Waals surface area contributed by atoms with E-state index in [-0.39, 0.29) is 10.0 Å². The summed E-state index contributed by atoms with van der Waals surface area (Å²) in [4.78, 5) is 23.7. The summed E-state index contributed by atoms with van der Waals surface area (Å²) < 4.78 is 0.209. The Hall–Kier alpha value is -2.20. The van der Waals surface area contributed by atoms with E-state index >= 15 is 0 Å². The van der Waals surface area contributed by atoms with Crippen molar-refractivity contribution in [3.05, 3.63) is 80.4 Å². The smallest absolute Gasteiger partial charge is 0.234 e. The topological polar surface area (TPSA) is 54.4 Å². The minimum atomic E-state index is -0.605. The lowest BCUT2D eigenvalue weighted by atomic mass is 10.1. The van der Waals surface area contributed by atoms with Crippen LogP contribution in [0.4, 0.5) is 0 Å². The monoisotopic (exact) mass is 330 g/mol. The normalized spacial score (nSPS) is 10.7. The molecule has 0 atom stereocenters. The summed E-state index contributed by atoms with van der Waals surface area (Å²) in [5.41, 5.74) is 0.239. The molecule has 0 aliphatic heterocycles. The van der Waals surface area contributed by atoms with Gasteiger partial charge in [-0.15, -0.1) is 0 Å². The van der Waals surface area contributed by atoms with Crippen LogP contribution in [0.2, 0.25) is 0 Å². The van der Waals surface area contributed by atoms with Gasteiger partial charge in [-0.2, -0.15) is 0 Å². The van der Waals surface area contributed by atoms with Gasteiger partial charge in [0.25, 0.3) is 0 Å². The molecule has 0 unspecified atom stereocenters. The molecule has 0 aromatic heterocycles. The molecule has 0 bridgehead atoms. The first-order valence-electron chi connectivity index (χ1n) is 5.89. The van der Waals surface area contributed by atoms with Crippen LogP contribution in [-0.4, -0.2) is 10.9 Å². The highest BCUT2D eigenvalue weighted by Gasteiger charge is 2.11. The third kappa shape index (κ3) is 3.22. The Bertz CT molecular complexity index is 721. The van der Waals surface area contributed by atoms with Gasteiger partial charge in [-0.1, -0.05) is 42.5 Å². The third-order valence-corrected chi connectivity index (χ3v) is 3.31. The van der Waals surface area contributed by atoms with E-state index in [2.05, 4.69) is 15.9 Å². The predicted octanol–water partition coefficient (Wildman–Crippen LogP) is 3.41. The molecule has 0 aliphatic rings. The zero-order valence-electron chi connectivity index (χ0n) is 10.4. The molecule has 0 radical (unpaired) electrons. The Morgan fingerprint density at radius 3 is 2.45 bits per heavy atom. The molecule has 20 heavy (non-hydrogen) atoms. The van der Waals surface area contributed by atoms with Crippen molar-refractivity contribution in [2.45, 2.75) is 0 Å². The van der Waals surface area contributed by atoms with Gasteiger partial charge in [0, 0.05) is 0 Å². The van der Waals surface area contributed by atoms with E-state index < -0.39 is 17.0 Å². The van der Waals surface area contributed by atoms with Gasteiger partial charge < -0.3 is 5.11 Å². The molecule has 2 rings (SSSR count). The SMILES string of the molecule is O=C(/C=C/c1ccccc1)c1cccc(Br)c(=O)c1O. The molecule has 3 nitrogen and oxygen atoms in total. The average Bonchev–Trinajstić information content (AvgIpc) is 2.59. The lowest BCUT2D eigenvalue weighted by Crippen LogP contribution is -2.03. The molecule has 1 N–H and O–H groups in total. The van der Waals surface area contributed by atoms with Gasteiger partial charge in [0.15, 0.2) is 11.5 Å². The first kappa shape index (κ1) is 14.2. The van der Waals surface area contributed by atoms with E-state index in [4.69, 9.17) is 0 Å². The minimum absolute atomic E-state index is 0.0205. The fourth-order valence-corrected chi connectivity index (χ4v) is 1.98. The van der Waals surface area contributed by atoms with Crippen molar-refractivity contribution < 1.29 is 9.90 Å². The van der Waals surface area contributed by atoms with Gasteiger partial charge in [-0.3, -0.25) is 9.59 Å². The summed E-state index contributed by atoms with van der Waals surface area (Å²) in [5.74, 6) is -0.976. The van der Waals surface area contributed by atoms with Crippen molar-refractivity contribution >= 4 is 27.8 Å². The van der Waals surface area contributed by atoms with Gasteiger partial charge in [-0.25, -0.2) is 0 Å². The molecule has 0 saturated heterocycles. The molecule has 0 heterocycles. The van der Waals surface area contributed by atoms with E-state index in [9.17, 15) is 14.7 Å². The number of carbonyl (C=O) groups is 1. The number of hydrogen-bond donors (Lipinski definition) is 1. The second-order valence-corrected chi connectivity index (χ2v) is 4.93. The Labute approximate surface area is 124 Å². The molecule has 100 valence electrons. The van der Waals surface area contributed by atoms with E-state index in [1.807, 2.05) is 30.3 Å². The Kier molecular flexibility index (Phi) is 4.48. The number of ketones is 1. The molecular formula is C16H11BrO3. The standard InChI is InChI=1S/C16H11BrO3/c17-13-8-4-7-12(15(19)16(13)20)14(18)10-9-11-5-2-1-3-6-11/h1-10H,(H,19,20)/b10-9+. The van der Waals surface area contributed by atoms with Gasteiger partial charge in [0.2, 0.25) is 5.43 Å². The van der Waals surface area contributed by atoms with Crippen LogP contribution < -0.4 is 5.43 Å². The molecule has 2 aromatic rings. The van der Waals surface area contributed by atoms with Crippen LogP contribution in [0.25, 0.3) is 6.08 Å². The van der Waals surface area contributed by atoms with Gasteiger partial charge in [0.1, 0.15) is 0 Å². The van der Waals surface area contributed by atoms with E-state index in [0.29, 0.717) is 0 Å². The lowest BCUT2D eigenvalue weighted by molar-refractivity contribution is 0.104. The summed E-state index contributed by atoms with van der Waals surface area (Å²) >= 11 is 3.03. The zero-order chi connectivity index (χ0) is 14.5. The number of benzene rings is 1. The highest BCUT2D eigenvalue weighted by atomic mass is 79.9. The Morgan fingerprint density at radius 2 is 1.75 bits per heavy atom. The van der Waals surface area contributed by atoms with Crippen molar-refractivity contribution in [3.63, 3.8) is 0 Å². The number of aromatic hydroxyl groups is 1. The first-order chi connectivity index (χ1) is 9.59. The summed E-state index contributed by atoms with van der Waals surface area (Å²) in [7, 11) is 0. The number of carbonyl (C=O) groups excluding carboxylic acids is 1. The van der Waals surface area contributed by atoms with Crippen LogP contribution in [0.1, 0.15) is 15.9 Å². The van der Waals surface area contributed by atoms with Crippen molar-refractivity contribution in [1.29, 1.82) is 0 Å². The molecule has 4 heteroatoms. The molecule has 0 fully saturated rings. The largest absolute Gasteiger partial charge is 0.504 e. The predicted molar refractivity (Wildman–Crippen MR) is 81.9 cm³/mol. The summed E-state index contributed by atoms with van der Waals surface area (Å²) in [5, 5.41) is 9.81. The van der Waals surface area contributed by atoms with Gasteiger partial charge in [-0.05, 0) is 39.7 Å². The quantitative estimate of drug-likeness (QED) is 0.693. The fourth-order valence-electron chi connectivity index (χ4n) is 1.64. The maximum atomic E-state index is 12.0. The van der Waals surface area contributed by atoms with Gasteiger partial charge >= 0.3 is 0 Å². The number of rotatable bonds is 3. The van der Waals surface area contributed by atoms with E-state index in [1.165, 1.54) is 24.3 Å². The van der Waals surface area contributed by atoms with Crippen molar-refractivity contribution in [2.24, 2.45) is 0 Å². The highest BCUT2D eigenvalue weighted by molar-refractivity contribution is 9.10. The van der Waals surface area contributed by atoms with E-state index in [0.717, 1.165) is 5.56 Å². The van der Waals surface area contributed by atoms with Crippen LogP contribution in [0, 0.1) is 0 Å². The third-order valence-electron chi connectivity index (χ3n) is 2.68. The summed E-state index contributed by atoms with van der Waals surface area (Å²) in [6, 6.07) is 13.7. The van der Waals surface area contributed by atoms with E-state index in [1.54, 1.807) is 6.08 Å². The molecule has 0 amide bonds. The zero-order valence-corrected chi connectivity index (χ0v) is 12.0. The molecule has 2 aromatic carbocycles. The van der Waals surface area contributed by atoms with Crippen LogP contribution in [-0.2, 0) is 0 Å². The number of allylic oxidation sites excluding steroid dienone is 1. The Morgan fingerprint density at radius 1 is 1.05 bits per heavy atom. The molecule has 0 spiro atoms. The molecule has 0 aliphatic carbocycles. The Balaban J connectivity index is 2.36. The van der Waals surface area contributed by atoms with Crippen LogP contribution >= 0.6 is 15.9 Å². The van der Waals surface area contributed by atoms with Crippen molar-refractivity contribution in [2.75, 3.05) is 0 Å². The van der Waals surface area contributed by atoms with Crippen LogP contribution in [0.15, 0.2) is 63.9 Å². The van der Waals surface area contributed by atoms with Crippen LogP contribution in [0.5, 0.6) is 5.75 Å². The van der Waals surface area contributed by atoms with Crippen molar-refractivity contribution in [1.82, 2.24) is 0 Å². The summed E-state index contributed by atoms with van der Waals surface area (Å²) in [6.45, 7) is 0. The first-order valence-corrected chi connectivity index (χ1v) is 6.68. The number of hydrogen-bond acceptors (Lipinski definition) is 3. The van der Waals surface area contributed by atoms with Crippen molar-refractivity contribution in [3.8, 4) is 5.75 Å². The number of halogens is 1. The highest BCUT2D eigenvalue weighted by Crippen LogP contribution is 2.15. The molecular weight excluding hydrogens is 320 g/mol. The summed E-state index contributed by atoms with van der Waals surface area (Å²) in [6.07, 6.45) is 2.96. The average molecular weight is 331 g/mol. The fraction of sp³-hybridized carbons (Fsp3) is 0. The van der Waals surface area contributed by atoms with Gasteiger partial charge in [0.05, 0.1) is 10.0 Å².